The van der Waals surface area contributed by atoms with Crippen LogP contribution in [-0.2, 0) is 18.4 Å². The first-order valence-electron chi connectivity index (χ1n) is 5.85. The molecule has 0 saturated heterocycles. The summed E-state index contributed by atoms with van der Waals surface area (Å²) in [6, 6.07) is 5.42. The average molecular weight is 337 g/mol. The number of hydrogen-bond donors (Lipinski definition) is 1. The molecule has 6 heteroatoms. The zero-order valence-electron chi connectivity index (χ0n) is 10.8. The molecule has 0 amide bonds. The largest absolute Gasteiger partial charge is 0.489 e. The second-order valence-electron chi connectivity index (χ2n) is 4.17. The maximum atomic E-state index is 10.5. The van der Waals surface area contributed by atoms with E-state index in [1.807, 2.05) is 25.4 Å². The second kappa shape index (κ2) is 6.38. The summed E-state index contributed by atoms with van der Waals surface area (Å²) in [6.07, 6.45) is 6.22. The molecule has 1 aromatic heterocycles. The molecular weight excluding hydrogens is 324 g/mol. The Balaban J connectivity index is 2.08. The second-order valence-corrected chi connectivity index (χ2v) is 5.02. The molecule has 0 aliphatic rings. The Labute approximate surface area is 124 Å². The number of hydrogen-bond acceptors (Lipinski definition) is 3. The van der Waals surface area contributed by atoms with E-state index in [2.05, 4.69) is 21.0 Å². The third kappa shape index (κ3) is 3.96. The Hall–Kier alpha value is -2.08. The molecular formula is C14H13BrN2O3. The van der Waals surface area contributed by atoms with E-state index in [0.29, 0.717) is 12.4 Å². The van der Waals surface area contributed by atoms with Gasteiger partial charge in [0.2, 0.25) is 0 Å². The highest BCUT2D eigenvalue weighted by atomic mass is 79.9. The van der Waals surface area contributed by atoms with Gasteiger partial charge < -0.3 is 9.84 Å². The number of rotatable bonds is 5. The molecule has 0 aliphatic carbocycles. The predicted molar refractivity (Wildman–Crippen MR) is 78.4 cm³/mol. The average Bonchev–Trinajstić information content (AvgIpc) is 2.82. The van der Waals surface area contributed by atoms with Crippen molar-refractivity contribution in [2.45, 2.75) is 6.61 Å². The van der Waals surface area contributed by atoms with Crippen molar-refractivity contribution in [1.82, 2.24) is 9.78 Å². The van der Waals surface area contributed by atoms with E-state index in [9.17, 15) is 4.79 Å². The van der Waals surface area contributed by atoms with Crippen LogP contribution in [0.1, 0.15) is 11.1 Å². The van der Waals surface area contributed by atoms with Gasteiger partial charge in [-0.1, -0.05) is 15.9 Å². The van der Waals surface area contributed by atoms with Gasteiger partial charge in [-0.05, 0) is 29.8 Å². The van der Waals surface area contributed by atoms with Crippen LogP contribution in [-0.4, -0.2) is 20.9 Å². The van der Waals surface area contributed by atoms with Crippen LogP contribution in [0.4, 0.5) is 0 Å². The number of halogens is 1. The van der Waals surface area contributed by atoms with E-state index in [1.54, 1.807) is 16.9 Å². The zero-order valence-corrected chi connectivity index (χ0v) is 12.4. The summed E-state index contributed by atoms with van der Waals surface area (Å²) in [5.41, 5.74) is 1.72. The van der Waals surface area contributed by atoms with E-state index in [4.69, 9.17) is 9.84 Å². The summed E-state index contributed by atoms with van der Waals surface area (Å²) in [5, 5.41) is 12.7. The van der Waals surface area contributed by atoms with Crippen molar-refractivity contribution in [2.24, 2.45) is 7.05 Å². The monoisotopic (exact) mass is 336 g/mol. The van der Waals surface area contributed by atoms with Gasteiger partial charge >= 0.3 is 5.97 Å². The van der Waals surface area contributed by atoms with Crippen LogP contribution in [0.25, 0.3) is 6.08 Å². The highest BCUT2D eigenvalue weighted by Gasteiger charge is 2.02. The van der Waals surface area contributed by atoms with Gasteiger partial charge in [-0.2, -0.15) is 5.10 Å². The SMILES string of the molecule is Cn1cc(COc2ccc(Br)c(/C=C/C(=O)O)c2)cn1. The van der Waals surface area contributed by atoms with Crippen molar-refractivity contribution in [3.05, 3.63) is 52.3 Å². The molecule has 1 aromatic carbocycles. The number of aromatic nitrogens is 2. The van der Waals surface area contributed by atoms with Crippen LogP contribution in [0.5, 0.6) is 5.75 Å². The summed E-state index contributed by atoms with van der Waals surface area (Å²) in [4.78, 5) is 10.5. The van der Waals surface area contributed by atoms with Crippen LogP contribution >= 0.6 is 15.9 Å². The van der Waals surface area contributed by atoms with Gasteiger partial charge in [-0.3, -0.25) is 4.68 Å². The van der Waals surface area contributed by atoms with Crippen molar-refractivity contribution in [3.63, 3.8) is 0 Å². The van der Waals surface area contributed by atoms with Gasteiger partial charge in [0.25, 0.3) is 0 Å². The van der Waals surface area contributed by atoms with Crippen LogP contribution in [0, 0.1) is 0 Å². The van der Waals surface area contributed by atoms with Crippen molar-refractivity contribution in [3.8, 4) is 5.75 Å². The molecule has 0 atom stereocenters. The van der Waals surface area contributed by atoms with Crippen molar-refractivity contribution < 1.29 is 14.6 Å². The first kappa shape index (κ1) is 14.3. The standard InChI is InChI=1S/C14H13BrN2O3/c1-17-8-10(7-16-17)9-20-12-3-4-13(15)11(6-12)2-5-14(18)19/h2-8H,9H2,1H3,(H,18,19)/b5-2+. The molecule has 0 saturated carbocycles. The van der Waals surface area contributed by atoms with Gasteiger partial charge in [0, 0.05) is 29.4 Å². The Kier molecular flexibility index (Phi) is 4.57. The molecule has 0 radical (unpaired) electrons. The number of benzene rings is 1. The molecule has 1 heterocycles. The molecule has 1 N–H and O–H groups in total. The fraction of sp³-hybridized carbons (Fsp3) is 0.143. The number of aliphatic carboxylic acids is 1. The van der Waals surface area contributed by atoms with Crippen molar-refractivity contribution in [1.29, 1.82) is 0 Å². The highest BCUT2D eigenvalue weighted by molar-refractivity contribution is 9.10. The van der Waals surface area contributed by atoms with Gasteiger partial charge in [0.15, 0.2) is 0 Å². The van der Waals surface area contributed by atoms with Crippen LogP contribution < -0.4 is 4.74 Å². The number of carbonyl (C=O) groups is 1. The van der Waals surface area contributed by atoms with Gasteiger partial charge in [0.05, 0.1) is 6.20 Å². The lowest BCUT2D eigenvalue weighted by Crippen LogP contribution is -1.95. The maximum absolute atomic E-state index is 10.5. The van der Waals surface area contributed by atoms with Gasteiger partial charge in [-0.25, -0.2) is 4.79 Å². The van der Waals surface area contributed by atoms with Crippen molar-refractivity contribution >= 4 is 28.0 Å². The molecule has 0 bridgehead atoms. The Morgan fingerprint density at radius 3 is 3.00 bits per heavy atom. The molecule has 0 fully saturated rings. The zero-order chi connectivity index (χ0) is 14.5. The number of carboxylic acid groups (broad SMARTS) is 1. The lowest BCUT2D eigenvalue weighted by molar-refractivity contribution is -0.131. The molecule has 0 aliphatic heterocycles. The van der Waals surface area contributed by atoms with Crippen molar-refractivity contribution in [2.75, 3.05) is 0 Å². The van der Waals surface area contributed by atoms with Gasteiger partial charge in [0.1, 0.15) is 12.4 Å². The Bertz CT molecular complexity index is 650. The predicted octanol–water partition coefficient (Wildman–Crippen LogP) is 2.86. The van der Waals surface area contributed by atoms with E-state index in [1.165, 1.54) is 6.08 Å². The summed E-state index contributed by atoms with van der Waals surface area (Å²) in [5.74, 6) is -0.319. The minimum absolute atomic E-state index is 0.414. The van der Waals surface area contributed by atoms with E-state index in [0.717, 1.165) is 21.7 Å². The third-order valence-electron chi connectivity index (χ3n) is 2.54. The van der Waals surface area contributed by atoms with Crippen LogP contribution in [0.15, 0.2) is 41.1 Å². The number of ether oxygens (including phenoxy) is 1. The minimum atomic E-state index is -0.987. The van der Waals surface area contributed by atoms with E-state index < -0.39 is 5.97 Å². The Morgan fingerprint density at radius 1 is 1.55 bits per heavy atom. The summed E-state index contributed by atoms with van der Waals surface area (Å²) >= 11 is 3.37. The maximum Gasteiger partial charge on any atom is 0.328 e. The topological polar surface area (TPSA) is 64.3 Å². The molecule has 2 rings (SSSR count). The first-order valence-corrected chi connectivity index (χ1v) is 6.65. The highest BCUT2D eigenvalue weighted by Crippen LogP contribution is 2.24. The normalized spacial score (nSPS) is 10.9. The molecule has 0 unspecified atom stereocenters. The molecule has 2 aromatic rings. The van der Waals surface area contributed by atoms with E-state index in [-0.39, 0.29) is 0 Å². The first-order chi connectivity index (χ1) is 9.54. The minimum Gasteiger partial charge on any atom is -0.489 e. The summed E-state index contributed by atoms with van der Waals surface area (Å²) in [7, 11) is 1.85. The Morgan fingerprint density at radius 2 is 2.35 bits per heavy atom. The smallest absolute Gasteiger partial charge is 0.328 e. The fourth-order valence-electron chi connectivity index (χ4n) is 1.61. The van der Waals surface area contributed by atoms with Gasteiger partial charge in [-0.15, -0.1) is 0 Å². The number of aryl methyl sites for hydroxylation is 1. The molecule has 5 nitrogen and oxygen atoms in total. The molecule has 20 heavy (non-hydrogen) atoms. The summed E-state index contributed by atoms with van der Waals surface area (Å²) < 4.78 is 8.17. The fourth-order valence-corrected chi connectivity index (χ4v) is 1.99. The van der Waals surface area contributed by atoms with E-state index >= 15 is 0 Å². The quantitative estimate of drug-likeness (QED) is 0.852. The summed E-state index contributed by atoms with van der Waals surface area (Å²) in [6.45, 7) is 0.414. The van der Waals surface area contributed by atoms with Crippen LogP contribution in [0.3, 0.4) is 0 Å². The number of nitrogens with zero attached hydrogens (tertiary/aromatic N) is 2. The lowest BCUT2D eigenvalue weighted by atomic mass is 10.2. The lowest BCUT2D eigenvalue weighted by Gasteiger charge is -2.06. The third-order valence-corrected chi connectivity index (χ3v) is 3.26. The molecule has 0 spiro atoms. The molecule has 104 valence electrons. The number of carboxylic acids is 1. The van der Waals surface area contributed by atoms with Crippen LogP contribution in [0.2, 0.25) is 0 Å².